The van der Waals surface area contributed by atoms with Gasteiger partial charge in [0, 0.05) is 11.9 Å². The van der Waals surface area contributed by atoms with E-state index in [0.717, 1.165) is 5.56 Å². The molecule has 0 radical (unpaired) electrons. The summed E-state index contributed by atoms with van der Waals surface area (Å²) in [4.78, 5) is 36.2. The summed E-state index contributed by atoms with van der Waals surface area (Å²) in [5.41, 5.74) is 1.40. The molecule has 1 saturated heterocycles. The van der Waals surface area contributed by atoms with E-state index in [4.69, 9.17) is 0 Å². The van der Waals surface area contributed by atoms with Crippen LogP contribution in [0.5, 0.6) is 0 Å². The highest BCUT2D eigenvalue weighted by Gasteiger charge is 2.43. The number of amides is 4. The van der Waals surface area contributed by atoms with Crippen molar-refractivity contribution in [1.82, 2.24) is 20.4 Å². The molecule has 29 heavy (non-hydrogen) atoms. The molecule has 0 aliphatic carbocycles. The van der Waals surface area contributed by atoms with Gasteiger partial charge in [-0.3, -0.25) is 19.6 Å². The standard InChI is InChI=1S/C21H19N5O3/c1-21(19(28)24-20(29)25-21)16-8-5-9-17(10-16)23-18(27)15-11-22-26(13-15)12-14-6-3-2-4-7-14/h2-11,13H,12H2,1H3,(H,23,27)(H2,24,25,28,29)/t21-/m0/s1. The van der Waals surface area contributed by atoms with Crippen molar-refractivity contribution in [1.29, 1.82) is 0 Å². The molecule has 2 heterocycles. The summed E-state index contributed by atoms with van der Waals surface area (Å²) in [6, 6.07) is 16.1. The molecule has 4 amide bonds. The maximum atomic E-state index is 12.6. The average molecular weight is 389 g/mol. The number of carbonyl (C=O) groups is 3. The zero-order valence-electron chi connectivity index (χ0n) is 15.7. The Morgan fingerprint density at radius 2 is 1.93 bits per heavy atom. The van der Waals surface area contributed by atoms with Gasteiger partial charge in [0.25, 0.3) is 11.8 Å². The fourth-order valence-electron chi connectivity index (χ4n) is 3.20. The summed E-state index contributed by atoms with van der Waals surface area (Å²) in [5, 5.41) is 11.9. The van der Waals surface area contributed by atoms with Gasteiger partial charge in [-0.05, 0) is 30.2 Å². The lowest BCUT2D eigenvalue weighted by Gasteiger charge is -2.21. The minimum absolute atomic E-state index is 0.313. The summed E-state index contributed by atoms with van der Waals surface area (Å²) in [6.07, 6.45) is 3.19. The first-order chi connectivity index (χ1) is 13.9. The van der Waals surface area contributed by atoms with Crippen LogP contribution in [0.15, 0.2) is 67.0 Å². The summed E-state index contributed by atoms with van der Waals surface area (Å²) < 4.78 is 1.69. The highest BCUT2D eigenvalue weighted by atomic mass is 16.2. The van der Waals surface area contributed by atoms with Crippen LogP contribution in [0.25, 0.3) is 0 Å². The Labute approximate surface area is 166 Å². The van der Waals surface area contributed by atoms with Crippen LogP contribution in [0, 0.1) is 0 Å². The topological polar surface area (TPSA) is 105 Å². The van der Waals surface area contributed by atoms with Crippen molar-refractivity contribution in [2.45, 2.75) is 19.0 Å². The molecule has 0 unspecified atom stereocenters. The minimum Gasteiger partial charge on any atom is -0.322 e. The van der Waals surface area contributed by atoms with Crippen molar-refractivity contribution in [3.63, 3.8) is 0 Å². The fourth-order valence-corrected chi connectivity index (χ4v) is 3.20. The molecule has 146 valence electrons. The predicted octanol–water partition coefficient (Wildman–Crippen LogP) is 2.24. The van der Waals surface area contributed by atoms with Crippen LogP contribution in [-0.4, -0.2) is 27.6 Å². The van der Waals surface area contributed by atoms with Crippen LogP contribution in [0.3, 0.4) is 0 Å². The van der Waals surface area contributed by atoms with Gasteiger partial charge < -0.3 is 10.6 Å². The summed E-state index contributed by atoms with van der Waals surface area (Å²) in [5.74, 6) is -0.750. The Kier molecular flexibility index (Phi) is 4.59. The van der Waals surface area contributed by atoms with Crippen LogP contribution < -0.4 is 16.0 Å². The van der Waals surface area contributed by atoms with E-state index in [2.05, 4.69) is 21.0 Å². The van der Waals surface area contributed by atoms with E-state index in [-0.39, 0.29) is 5.91 Å². The minimum atomic E-state index is -1.18. The normalized spacial score (nSPS) is 18.2. The van der Waals surface area contributed by atoms with Crippen molar-refractivity contribution in [2.75, 3.05) is 5.32 Å². The molecule has 1 atom stereocenters. The number of hydrogen-bond acceptors (Lipinski definition) is 4. The van der Waals surface area contributed by atoms with Crippen LogP contribution in [0.1, 0.15) is 28.4 Å². The number of urea groups is 1. The molecule has 3 N–H and O–H groups in total. The predicted molar refractivity (Wildman–Crippen MR) is 106 cm³/mol. The van der Waals surface area contributed by atoms with Crippen molar-refractivity contribution in [2.24, 2.45) is 0 Å². The van der Waals surface area contributed by atoms with Gasteiger partial charge in [-0.2, -0.15) is 5.10 Å². The van der Waals surface area contributed by atoms with Gasteiger partial charge in [0.1, 0.15) is 5.54 Å². The van der Waals surface area contributed by atoms with Gasteiger partial charge in [0.05, 0.1) is 18.3 Å². The first-order valence-corrected chi connectivity index (χ1v) is 9.06. The van der Waals surface area contributed by atoms with E-state index in [1.165, 1.54) is 6.20 Å². The number of nitrogens with one attached hydrogen (secondary N) is 3. The van der Waals surface area contributed by atoms with Crippen molar-refractivity contribution < 1.29 is 14.4 Å². The van der Waals surface area contributed by atoms with E-state index in [1.54, 1.807) is 42.1 Å². The lowest BCUT2D eigenvalue weighted by molar-refractivity contribution is -0.123. The average Bonchev–Trinajstić information content (AvgIpc) is 3.27. The fraction of sp³-hybridized carbons (Fsp3) is 0.143. The Morgan fingerprint density at radius 1 is 1.14 bits per heavy atom. The molecule has 8 heteroatoms. The van der Waals surface area contributed by atoms with E-state index in [0.29, 0.717) is 23.4 Å². The third kappa shape index (κ3) is 3.73. The molecule has 2 aromatic carbocycles. The van der Waals surface area contributed by atoms with Crippen LogP contribution in [-0.2, 0) is 16.9 Å². The van der Waals surface area contributed by atoms with Gasteiger partial charge in [0.2, 0.25) is 0 Å². The molecule has 8 nitrogen and oxygen atoms in total. The first kappa shape index (κ1) is 18.4. The molecule has 1 aromatic heterocycles. The number of hydrogen-bond donors (Lipinski definition) is 3. The lowest BCUT2D eigenvalue weighted by atomic mass is 9.92. The van der Waals surface area contributed by atoms with Gasteiger partial charge in [0.15, 0.2) is 0 Å². The molecule has 3 aromatic rings. The molecule has 4 rings (SSSR count). The molecule has 0 spiro atoms. The molecular formula is C21H19N5O3. The van der Waals surface area contributed by atoms with Gasteiger partial charge in [-0.1, -0.05) is 42.5 Å². The zero-order chi connectivity index (χ0) is 20.4. The molecule has 1 aliphatic rings. The summed E-state index contributed by atoms with van der Waals surface area (Å²) in [7, 11) is 0. The highest BCUT2D eigenvalue weighted by molar-refractivity contribution is 6.07. The van der Waals surface area contributed by atoms with Crippen LogP contribution >= 0.6 is 0 Å². The third-order valence-corrected chi connectivity index (χ3v) is 4.83. The molecule has 0 saturated carbocycles. The number of nitrogens with zero attached hydrogens (tertiary/aromatic N) is 2. The largest absolute Gasteiger partial charge is 0.322 e. The molecule has 1 aliphatic heterocycles. The molecular weight excluding hydrogens is 370 g/mol. The molecule has 1 fully saturated rings. The number of aromatic nitrogens is 2. The monoisotopic (exact) mass is 389 g/mol. The lowest BCUT2D eigenvalue weighted by Crippen LogP contribution is -2.40. The number of imide groups is 1. The number of anilines is 1. The second-order valence-corrected chi connectivity index (χ2v) is 6.98. The van der Waals surface area contributed by atoms with Crippen molar-refractivity contribution in [3.8, 4) is 0 Å². The third-order valence-electron chi connectivity index (χ3n) is 4.83. The Balaban J connectivity index is 1.48. The Morgan fingerprint density at radius 3 is 2.66 bits per heavy atom. The van der Waals surface area contributed by atoms with Crippen molar-refractivity contribution in [3.05, 3.63) is 83.7 Å². The maximum absolute atomic E-state index is 12.6. The van der Waals surface area contributed by atoms with Gasteiger partial charge >= 0.3 is 6.03 Å². The van der Waals surface area contributed by atoms with E-state index >= 15 is 0 Å². The summed E-state index contributed by atoms with van der Waals surface area (Å²) in [6.45, 7) is 2.18. The second kappa shape index (κ2) is 7.23. The zero-order valence-corrected chi connectivity index (χ0v) is 15.7. The first-order valence-electron chi connectivity index (χ1n) is 9.06. The van der Waals surface area contributed by atoms with Crippen LogP contribution in [0.4, 0.5) is 10.5 Å². The number of carbonyl (C=O) groups excluding carboxylic acids is 3. The Hall–Kier alpha value is -3.94. The van der Waals surface area contributed by atoms with Gasteiger partial charge in [-0.15, -0.1) is 0 Å². The quantitative estimate of drug-likeness (QED) is 0.582. The van der Waals surface area contributed by atoms with E-state index < -0.39 is 17.5 Å². The molecule has 0 bridgehead atoms. The van der Waals surface area contributed by atoms with E-state index in [1.807, 2.05) is 30.3 Å². The number of rotatable bonds is 5. The number of benzene rings is 2. The maximum Gasteiger partial charge on any atom is 0.322 e. The van der Waals surface area contributed by atoms with Crippen molar-refractivity contribution >= 4 is 23.5 Å². The smallest absolute Gasteiger partial charge is 0.322 e. The SMILES string of the molecule is C[C@@]1(c2cccc(NC(=O)c3cnn(Cc4ccccc4)c3)c2)NC(=O)NC1=O. The van der Waals surface area contributed by atoms with Crippen LogP contribution in [0.2, 0.25) is 0 Å². The van der Waals surface area contributed by atoms with E-state index in [9.17, 15) is 14.4 Å². The Bertz CT molecular complexity index is 1090. The highest BCUT2D eigenvalue weighted by Crippen LogP contribution is 2.26. The second-order valence-electron chi connectivity index (χ2n) is 6.98. The van der Waals surface area contributed by atoms with Gasteiger partial charge in [-0.25, -0.2) is 4.79 Å². The summed E-state index contributed by atoms with van der Waals surface area (Å²) >= 11 is 0.